The Hall–Kier alpha value is -2.45. The van der Waals surface area contributed by atoms with Crippen LogP contribution in [0.4, 0.5) is 0 Å². The van der Waals surface area contributed by atoms with Crippen LogP contribution in [0.15, 0.2) is 23.6 Å². The molecular formula is C20H23N5O2S. The summed E-state index contributed by atoms with van der Waals surface area (Å²) in [4.78, 5) is 9.45. The summed E-state index contributed by atoms with van der Waals surface area (Å²) in [6.45, 7) is 6.19. The summed E-state index contributed by atoms with van der Waals surface area (Å²) in [5, 5.41) is 11.4. The second-order valence-electron chi connectivity index (χ2n) is 7.55. The van der Waals surface area contributed by atoms with Crippen molar-refractivity contribution in [1.82, 2.24) is 25.1 Å². The summed E-state index contributed by atoms with van der Waals surface area (Å²) in [7, 11) is 0. The van der Waals surface area contributed by atoms with E-state index in [0.717, 1.165) is 65.3 Å². The van der Waals surface area contributed by atoms with Crippen molar-refractivity contribution in [3.8, 4) is 22.1 Å². The summed E-state index contributed by atoms with van der Waals surface area (Å²) in [6, 6.07) is 6.37. The Bertz CT molecular complexity index is 996. The summed E-state index contributed by atoms with van der Waals surface area (Å²) < 4.78 is 12.9. The molecule has 2 aliphatic rings. The number of nitrogens with one attached hydrogen (secondary N) is 1. The summed E-state index contributed by atoms with van der Waals surface area (Å²) >= 11 is 1.65. The third-order valence-electron chi connectivity index (χ3n) is 5.13. The number of nitrogens with zero attached hydrogens (tertiary/aromatic N) is 4. The van der Waals surface area contributed by atoms with Gasteiger partial charge in [-0.3, -0.25) is 0 Å². The van der Waals surface area contributed by atoms with Gasteiger partial charge < -0.3 is 14.8 Å². The predicted octanol–water partition coefficient (Wildman–Crippen LogP) is 3.36. The molecule has 8 heteroatoms. The zero-order valence-electron chi connectivity index (χ0n) is 16.0. The Balaban J connectivity index is 1.22. The molecule has 0 bridgehead atoms. The summed E-state index contributed by atoms with van der Waals surface area (Å²) in [5.41, 5.74) is 2.12. The molecule has 146 valence electrons. The number of ether oxygens (including phenoxy) is 2. The molecule has 1 unspecified atom stereocenters. The van der Waals surface area contributed by atoms with Crippen LogP contribution >= 0.6 is 11.3 Å². The highest BCUT2D eigenvalue weighted by Gasteiger charge is 2.22. The Labute approximate surface area is 167 Å². The monoisotopic (exact) mass is 397 g/mol. The van der Waals surface area contributed by atoms with Gasteiger partial charge in [0.15, 0.2) is 17.3 Å². The van der Waals surface area contributed by atoms with Crippen molar-refractivity contribution in [2.45, 2.75) is 51.7 Å². The number of hydrogen-bond acceptors (Lipinski definition) is 7. The number of thiazole rings is 1. The Morgan fingerprint density at radius 3 is 3.04 bits per heavy atom. The Morgan fingerprint density at radius 1 is 1.25 bits per heavy atom. The fourth-order valence-electron chi connectivity index (χ4n) is 3.54. The predicted molar refractivity (Wildman–Crippen MR) is 107 cm³/mol. The molecule has 5 rings (SSSR count). The Morgan fingerprint density at radius 2 is 2.14 bits per heavy atom. The largest absolute Gasteiger partial charge is 0.454 e. The van der Waals surface area contributed by atoms with Crippen molar-refractivity contribution in [3.05, 3.63) is 40.9 Å². The van der Waals surface area contributed by atoms with Crippen LogP contribution in [0.25, 0.3) is 10.6 Å². The maximum Gasteiger partial charge on any atom is 0.231 e. The summed E-state index contributed by atoms with van der Waals surface area (Å²) in [5.74, 6) is 4.02. The first-order valence-corrected chi connectivity index (χ1v) is 10.5. The topological polar surface area (TPSA) is 74.1 Å². The van der Waals surface area contributed by atoms with E-state index in [0.29, 0.717) is 18.8 Å². The highest BCUT2D eigenvalue weighted by molar-refractivity contribution is 7.13. The van der Waals surface area contributed by atoms with Gasteiger partial charge in [-0.15, -0.1) is 11.3 Å². The van der Waals surface area contributed by atoms with Gasteiger partial charge in [-0.05, 0) is 24.6 Å². The van der Waals surface area contributed by atoms with Crippen LogP contribution in [0.1, 0.15) is 43.5 Å². The third kappa shape index (κ3) is 3.38. The summed E-state index contributed by atoms with van der Waals surface area (Å²) in [6.07, 6.45) is 2.05. The molecule has 3 aromatic rings. The van der Waals surface area contributed by atoms with Crippen LogP contribution in [0.5, 0.6) is 11.5 Å². The highest BCUT2D eigenvalue weighted by atomic mass is 32.1. The molecule has 0 fully saturated rings. The van der Waals surface area contributed by atoms with Gasteiger partial charge in [0, 0.05) is 35.9 Å². The quantitative estimate of drug-likeness (QED) is 0.712. The molecule has 7 nitrogen and oxygen atoms in total. The van der Waals surface area contributed by atoms with E-state index in [1.165, 1.54) is 0 Å². The van der Waals surface area contributed by atoms with Gasteiger partial charge in [-0.25, -0.2) is 14.6 Å². The van der Waals surface area contributed by atoms with E-state index >= 15 is 0 Å². The molecule has 0 spiro atoms. The number of benzene rings is 1. The van der Waals surface area contributed by atoms with E-state index in [4.69, 9.17) is 14.5 Å². The SMILES string of the molecule is CC(C)c1nc2n(n1)CC(NCc1csc(-c3ccc4c(c3)OCO4)n1)CC2. The fourth-order valence-corrected chi connectivity index (χ4v) is 4.36. The first-order chi connectivity index (χ1) is 13.7. The van der Waals surface area contributed by atoms with E-state index in [-0.39, 0.29) is 0 Å². The number of rotatable bonds is 5. The van der Waals surface area contributed by atoms with E-state index in [1.807, 2.05) is 18.2 Å². The Kier molecular flexibility index (Phi) is 4.52. The first kappa shape index (κ1) is 17.6. The molecule has 1 N–H and O–H groups in total. The molecule has 2 aromatic heterocycles. The second-order valence-corrected chi connectivity index (χ2v) is 8.41. The lowest BCUT2D eigenvalue weighted by molar-refractivity contribution is 0.174. The van der Waals surface area contributed by atoms with Crippen molar-refractivity contribution in [1.29, 1.82) is 0 Å². The lowest BCUT2D eigenvalue weighted by Gasteiger charge is -2.23. The van der Waals surface area contributed by atoms with Crippen LogP contribution in [0, 0.1) is 0 Å². The van der Waals surface area contributed by atoms with Gasteiger partial charge in [0.05, 0.1) is 12.2 Å². The minimum Gasteiger partial charge on any atom is -0.454 e. The van der Waals surface area contributed by atoms with Gasteiger partial charge >= 0.3 is 0 Å². The van der Waals surface area contributed by atoms with Gasteiger partial charge in [0.2, 0.25) is 6.79 Å². The lowest BCUT2D eigenvalue weighted by Crippen LogP contribution is -2.37. The highest BCUT2D eigenvalue weighted by Crippen LogP contribution is 2.36. The number of aryl methyl sites for hydroxylation is 1. The molecular weight excluding hydrogens is 374 g/mol. The van der Waals surface area contributed by atoms with Crippen molar-refractivity contribution in [2.24, 2.45) is 0 Å². The normalized spacial score (nSPS) is 17.9. The second kappa shape index (κ2) is 7.18. The maximum absolute atomic E-state index is 5.47. The van der Waals surface area contributed by atoms with E-state index in [9.17, 15) is 0 Å². The van der Waals surface area contributed by atoms with Crippen molar-refractivity contribution < 1.29 is 9.47 Å². The van der Waals surface area contributed by atoms with Crippen molar-refractivity contribution in [3.63, 3.8) is 0 Å². The van der Waals surface area contributed by atoms with E-state index in [1.54, 1.807) is 11.3 Å². The van der Waals surface area contributed by atoms with Crippen LogP contribution in [-0.2, 0) is 19.5 Å². The minimum absolute atomic E-state index is 0.291. The number of fused-ring (bicyclic) bond motifs is 2. The zero-order valence-corrected chi connectivity index (χ0v) is 16.8. The minimum atomic E-state index is 0.291. The molecule has 0 saturated heterocycles. The van der Waals surface area contributed by atoms with E-state index < -0.39 is 0 Å². The average molecular weight is 398 g/mol. The molecule has 0 amide bonds. The molecule has 0 radical (unpaired) electrons. The van der Waals surface area contributed by atoms with Crippen molar-refractivity contribution >= 4 is 11.3 Å². The molecule has 1 atom stereocenters. The molecule has 2 aliphatic heterocycles. The van der Waals surface area contributed by atoms with E-state index in [2.05, 4.69) is 39.3 Å². The standard InChI is InChI=1S/C20H23N5O2S/c1-12(2)19-23-18-6-4-14(9-25(18)24-19)21-8-15-10-28-20(22-15)13-3-5-16-17(7-13)27-11-26-16/h3,5,7,10,12,14,21H,4,6,8-9,11H2,1-2H3. The smallest absolute Gasteiger partial charge is 0.231 e. The fraction of sp³-hybridized carbons (Fsp3) is 0.450. The zero-order chi connectivity index (χ0) is 19.1. The van der Waals surface area contributed by atoms with Gasteiger partial charge in [0.25, 0.3) is 0 Å². The van der Waals surface area contributed by atoms with Crippen LogP contribution in [0.2, 0.25) is 0 Å². The van der Waals surface area contributed by atoms with Gasteiger partial charge in [-0.2, -0.15) is 5.10 Å². The third-order valence-corrected chi connectivity index (χ3v) is 6.07. The first-order valence-electron chi connectivity index (χ1n) is 9.67. The van der Waals surface area contributed by atoms with Gasteiger partial charge in [-0.1, -0.05) is 13.8 Å². The number of aromatic nitrogens is 4. The molecule has 0 saturated carbocycles. The molecule has 28 heavy (non-hydrogen) atoms. The maximum atomic E-state index is 5.47. The van der Waals surface area contributed by atoms with Crippen LogP contribution in [0.3, 0.4) is 0 Å². The van der Waals surface area contributed by atoms with Crippen LogP contribution in [-0.4, -0.2) is 32.6 Å². The molecule has 4 heterocycles. The van der Waals surface area contributed by atoms with Crippen LogP contribution < -0.4 is 14.8 Å². The van der Waals surface area contributed by atoms with Gasteiger partial charge in [0.1, 0.15) is 10.8 Å². The average Bonchev–Trinajstić information content (AvgIpc) is 3.43. The number of hydrogen-bond donors (Lipinski definition) is 1. The van der Waals surface area contributed by atoms with Crippen molar-refractivity contribution in [2.75, 3.05) is 6.79 Å². The molecule has 1 aromatic carbocycles. The molecule has 0 aliphatic carbocycles. The lowest BCUT2D eigenvalue weighted by atomic mass is 10.1.